The molecule has 2 aliphatic rings. The number of rotatable bonds is 0. The molecule has 5 heteroatoms. The Labute approximate surface area is 98.0 Å². The first-order chi connectivity index (χ1) is 7.21. The predicted octanol–water partition coefficient (Wildman–Crippen LogP) is 1.72. The first kappa shape index (κ1) is 10.0. The second-order valence-electron chi connectivity index (χ2n) is 4.54. The van der Waals surface area contributed by atoms with E-state index in [1.807, 2.05) is 0 Å². The number of halogens is 1. The van der Waals surface area contributed by atoms with Gasteiger partial charge in [-0.3, -0.25) is 0 Å². The molecule has 0 saturated carbocycles. The van der Waals surface area contributed by atoms with Gasteiger partial charge in [0.25, 0.3) is 0 Å². The first-order valence-electron chi connectivity index (χ1n) is 5.33. The van der Waals surface area contributed by atoms with E-state index in [-0.39, 0.29) is 11.5 Å². The van der Waals surface area contributed by atoms with E-state index in [0.717, 1.165) is 38.0 Å². The zero-order valence-electron chi connectivity index (χ0n) is 8.42. The molecule has 3 N–H and O–H groups in total. The maximum absolute atomic E-state index is 6.35. The lowest BCUT2D eigenvalue weighted by Crippen LogP contribution is -2.42. The van der Waals surface area contributed by atoms with E-state index in [9.17, 15) is 0 Å². The molecule has 3 rings (SSSR count). The van der Waals surface area contributed by atoms with Gasteiger partial charge in [0.15, 0.2) is 4.47 Å². The molecule has 82 valence electrons. The lowest BCUT2D eigenvalue weighted by Gasteiger charge is -2.37. The molecule has 1 aliphatic carbocycles. The minimum absolute atomic E-state index is 0.152. The maximum atomic E-state index is 6.35. The number of hydrogen-bond donors (Lipinski definition) is 2. The van der Waals surface area contributed by atoms with E-state index < -0.39 is 0 Å². The van der Waals surface area contributed by atoms with Crippen molar-refractivity contribution >= 4 is 22.9 Å². The van der Waals surface area contributed by atoms with Gasteiger partial charge in [-0.25, -0.2) is 4.98 Å². The van der Waals surface area contributed by atoms with Crippen LogP contribution in [0.5, 0.6) is 0 Å². The Kier molecular flexibility index (Phi) is 2.28. The van der Waals surface area contributed by atoms with Crippen LogP contribution in [-0.2, 0) is 6.42 Å². The summed E-state index contributed by atoms with van der Waals surface area (Å²) in [7, 11) is 0. The lowest BCUT2D eigenvalue weighted by molar-refractivity contribution is 0.174. The van der Waals surface area contributed by atoms with Crippen molar-refractivity contribution in [3.05, 3.63) is 15.0 Å². The van der Waals surface area contributed by atoms with Gasteiger partial charge < -0.3 is 11.1 Å². The summed E-state index contributed by atoms with van der Waals surface area (Å²) in [6, 6.07) is 0.152. The Balaban J connectivity index is 1.95. The summed E-state index contributed by atoms with van der Waals surface area (Å²) in [6.07, 6.45) is 3.35. The fraction of sp³-hybridized carbons (Fsp3) is 0.700. The van der Waals surface area contributed by atoms with Crippen LogP contribution in [0.3, 0.4) is 0 Å². The minimum Gasteiger partial charge on any atom is -0.323 e. The Bertz CT molecular complexity index is 384. The summed E-state index contributed by atoms with van der Waals surface area (Å²) in [5, 5.41) is 3.39. The van der Waals surface area contributed by atoms with Crippen molar-refractivity contribution in [2.75, 3.05) is 13.1 Å². The third kappa shape index (κ3) is 1.43. The number of hydrogen-bond acceptors (Lipinski definition) is 4. The molecular weight excluding hydrogens is 230 g/mol. The van der Waals surface area contributed by atoms with Gasteiger partial charge in [-0.1, -0.05) is 11.6 Å². The van der Waals surface area contributed by atoms with Crippen LogP contribution in [0.1, 0.15) is 29.5 Å². The molecule has 0 amide bonds. The van der Waals surface area contributed by atoms with Crippen LogP contribution in [-0.4, -0.2) is 18.1 Å². The largest absolute Gasteiger partial charge is 0.323 e. The average Bonchev–Trinajstić information content (AvgIpc) is 2.68. The second-order valence-corrected chi connectivity index (χ2v) is 6.16. The van der Waals surface area contributed by atoms with Crippen LogP contribution in [0, 0.1) is 5.41 Å². The summed E-state index contributed by atoms with van der Waals surface area (Å²) >= 11 is 7.47. The van der Waals surface area contributed by atoms with Crippen LogP contribution < -0.4 is 11.1 Å². The van der Waals surface area contributed by atoms with Crippen molar-refractivity contribution in [2.24, 2.45) is 11.1 Å². The zero-order chi connectivity index (χ0) is 10.5. The van der Waals surface area contributed by atoms with Gasteiger partial charge in [0.05, 0.1) is 5.69 Å². The van der Waals surface area contributed by atoms with Crippen LogP contribution in [0.25, 0.3) is 0 Å². The third-order valence-corrected chi connectivity index (χ3v) is 5.05. The first-order valence-corrected chi connectivity index (χ1v) is 6.52. The number of thiazole rings is 1. The van der Waals surface area contributed by atoms with Crippen molar-refractivity contribution in [1.82, 2.24) is 10.3 Å². The molecule has 0 aromatic carbocycles. The van der Waals surface area contributed by atoms with E-state index in [1.54, 1.807) is 11.3 Å². The molecule has 3 nitrogen and oxygen atoms in total. The standard InChI is InChI=1S/C10H14ClN3S/c11-9-14-6-5-10(1-3-13-4-2-10)8(12)7(6)15-9/h8,13H,1-5,12H2/t8-/m1/s1. The highest BCUT2D eigenvalue weighted by atomic mass is 35.5. The smallest absolute Gasteiger partial charge is 0.184 e. The topological polar surface area (TPSA) is 50.9 Å². The van der Waals surface area contributed by atoms with Crippen LogP contribution >= 0.6 is 22.9 Å². The SMILES string of the molecule is N[C@@H]1c2sc(Cl)nc2CC12CCNCC2. The molecule has 1 spiro atoms. The quantitative estimate of drug-likeness (QED) is 0.730. The van der Waals surface area contributed by atoms with Crippen molar-refractivity contribution in [2.45, 2.75) is 25.3 Å². The highest BCUT2D eigenvalue weighted by molar-refractivity contribution is 7.16. The van der Waals surface area contributed by atoms with E-state index in [2.05, 4.69) is 10.3 Å². The second kappa shape index (κ2) is 3.42. The van der Waals surface area contributed by atoms with Gasteiger partial charge in [0.2, 0.25) is 0 Å². The van der Waals surface area contributed by atoms with Crippen molar-refractivity contribution in [3.63, 3.8) is 0 Å². The van der Waals surface area contributed by atoms with E-state index >= 15 is 0 Å². The predicted molar refractivity (Wildman–Crippen MR) is 62.3 cm³/mol. The van der Waals surface area contributed by atoms with Gasteiger partial charge in [-0.2, -0.15) is 0 Å². The number of piperidine rings is 1. The van der Waals surface area contributed by atoms with Crippen LogP contribution in [0.15, 0.2) is 0 Å². The Morgan fingerprint density at radius 2 is 2.20 bits per heavy atom. The van der Waals surface area contributed by atoms with E-state index in [0.29, 0.717) is 4.47 Å². The summed E-state index contributed by atoms with van der Waals surface area (Å²) < 4.78 is 0.638. The molecule has 0 unspecified atom stereocenters. The number of fused-ring (bicyclic) bond motifs is 1. The van der Waals surface area contributed by atoms with Gasteiger partial charge in [-0.05, 0) is 37.8 Å². The molecule has 0 bridgehead atoms. The van der Waals surface area contributed by atoms with Crippen LogP contribution in [0.2, 0.25) is 4.47 Å². The zero-order valence-corrected chi connectivity index (χ0v) is 10.00. The molecule has 1 aliphatic heterocycles. The summed E-state index contributed by atoms with van der Waals surface area (Å²) in [5.41, 5.74) is 7.77. The molecule has 1 atom stereocenters. The number of nitrogens with zero attached hydrogens (tertiary/aromatic N) is 1. The Morgan fingerprint density at radius 1 is 1.47 bits per heavy atom. The van der Waals surface area contributed by atoms with Gasteiger partial charge >= 0.3 is 0 Å². The monoisotopic (exact) mass is 243 g/mol. The molecule has 15 heavy (non-hydrogen) atoms. The third-order valence-electron chi connectivity index (χ3n) is 3.76. The molecule has 1 saturated heterocycles. The van der Waals surface area contributed by atoms with Crippen molar-refractivity contribution in [1.29, 1.82) is 0 Å². The fourth-order valence-electron chi connectivity index (χ4n) is 2.84. The minimum atomic E-state index is 0.152. The highest BCUT2D eigenvalue weighted by Crippen LogP contribution is 2.51. The molecule has 1 aromatic heterocycles. The fourth-order valence-corrected chi connectivity index (χ4v) is 4.14. The normalized spacial score (nSPS) is 28.3. The van der Waals surface area contributed by atoms with Gasteiger partial charge in [0, 0.05) is 10.9 Å². The average molecular weight is 244 g/mol. The van der Waals surface area contributed by atoms with Gasteiger partial charge in [-0.15, -0.1) is 11.3 Å². The highest BCUT2D eigenvalue weighted by Gasteiger charge is 2.46. The Hall–Kier alpha value is -0.160. The molecule has 1 fully saturated rings. The molecule has 2 heterocycles. The van der Waals surface area contributed by atoms with Crippen LogP contribution in [0.4, 0.5) is 0 Å². The molecule has 0 radical (unpaired) electrons. The summed E-state index contributed by atoms with van der Waals surface area (Å²) in [6.45, 7) is 2.16. The number of nitrogens with two attached hydrogens (primary N) is 1. The lowest BCUT2D eigenvalue weighted by atomic mass is 9.74. The summed E-state index contributed by atoms with van der Waals surface area (Å²) in [5.74, 6) is 0. The van der Waals surface area contributed by atoms with E-state index in [1.165, 1.54) is 4.88 Å². The van der Waals surface area contributed by atoms with Crippen molar-refractivity contribution < 1.29 is 0 Å². The molecular formula is C10H14ClN3S. The van der Waals surface area contributed by atoms with Crippen molar-refractivity contribution in [3.8, 4) is 0 Å². The summed E-state index contributed by atoms with van der Waals surface area (Å²) in [4.78, 5) is 5.60. The Morgan fingerprint density at radius 3 is 2.87 bits per heavy atom. The van der Waals surface area contributed by atoms with E-state index in [4.69, 9.17) is 17.3 Å². The maximum Gasteiger partial charge on any atom is 0.184 e. The van der Waals surface area contributed by atoms with Gasteiger partial charge in [0.1, 0.15) is 0 Å². The number of aromatic nitrogens is 1. The molecule has 1 aromatic rings. The number of nitrogens with one attached hydrogen (secondary N) is 1.